The van der Waals surface area contributed by atoms with Crippen molar-refractivity contribution in [1.82, 2.24) is 4.31 Å². The zero-order chi connectivity index (χ0) is 20.6. The van der Waals surface area contributed by atoms with Crippen LogP contribution in [0.5, 0.6) is 0 Å². The van der Waals surface area contributed by atoms with Crippen molar-refractivity contribution in [1.29, 1.82) is 0 Å². The van der Waals surface area contributed by atoms with Crippen molar-refractivity contribution in [3.05, 3.63) is 54.1 Å². The van der Waals surface area contributed by atoms with Gasteiger partial charge in [-0.1, -0.05) is 29.8 Å². The zero-order valence-corrected chi connectivity index (χ0v) is 17.0. The third-order valence-corrected chi connectivity index (χ3v) is 7.31. The van der Waals surface area contributed by atoms with Crippen LogP contribution in [0.2, 0.25) is 0 Å². The molecule has 1 atom stereocenters. The van der Waals surface area contributed by atoms with Gasteiger partial charge >= 0.3 is 0 Å². The van der Waals surface area contributed by atoms with Crippen LogP contribution >= 0.6 is 0 Å². The number of nitrogens with one attached hydrogen (secondary N) is 1. The Labute approximate surface area is 170 Å². The number of hydrogen-bond acceptors (Lipinski definition) is 4. The van der Waals surface area contributed by atoms with Gasteiger partial charge in [0.05, 0.1) is 22.2 Å². The van der Waals surface area contributed by atoms with E-state index in [1.54, 1.807) is 42.5 Å². The Kier molecular flexibility index (Phi) is 5.14. The summed E-state index contributed by atoms with van der Waals surface area (Å²) in [6.07, 6.45) is 1.20. The second kappa shape index (κ2) is 7.61. The Morgan fingerprint density at radius 3 is 2.59 bits per heavy atom. The molecule has 1 N–H and O–H groups in total. The number of hydrogen-bond donors (Lipinski definition) is 1. The number of carbonyl (C=O) groups is 2. The van der Waals surface area contributed by atoms with Crippen molar-refractivity contribution >= 4 is 33.2 Å². The maximum atomic E-state index is 13.2. The highest BCUT2D eigenvalue weighted by molar-refractivity contribution is 7.89. The van der Waals surface area contributed by atoms with Crippen LogP contribution in [0.3, 0.4) is 0 Å². The molecule has 152 valence electrons. The van der Waals surface area contributed by atoms with Gasteiger partial charge in [-0.05, 0) is 44.0 Å². The van der Waals surface area contributed by atoms with Gasteiger partial charge in [0.2, 0.25) is 21.8 Å². The van der Waals surface area contributed by atoms with Crippen LogP contribution in [0.4, 0.5) is 11.4 Å². The average molecular weight is 413 g/mol. The first-order valence-corrected chi connectivity index (χ1v) is 11.1. The lowest BCUT2D eigenvalue weighted by Gasteiger charge is -2.36. The molecule has 1 fully saturated rings. The Morgan fingerprint density at radius 2 is 1.83 bits per heavy atom. The number of aryl methyl sites for hydroxylation is 1. The van der Waals surface area contributed by atoms with E-state index in [-0.39, 0.29) is 29.8 Å². The number of nitrogens with zero attached hydrogens (tertiary/aromatic N) is 2. The molecule has 2 heterocycles. The summed E-state index contributed by atoms with van der Waals surface area (Å²) < 4.78 is 27.4. The molecule has 8 heteroatoms. The number of benzene rings is 2. The Morgan fingerprint density at radius 1 is 1.10 bits per heavy atom. The van der Waals surface area contributed by atoms with Crippen LogP contribution in [0, 0.1) is 12.8 Å². The van der Waals surface area contributed by atoms with E-state index in [0.717, 1.165) is 5.56 Å². The monoisotopic (exact) mass is 413 g/mol. The van der Waals surface area contributed by atoms with E-state index in [2.05, 4.69) is 5.32 Å². The molecule has 2 aromatic carbocycles. The molecule has 4 rings (SSSR count). The summed E-state index contributed by atoms with van der Waals surface area (Å²) in [5.41, 5.74) is 2.23. The highest BCUT2D eigenvalue weighted by atomic mass is 32.2. The van der Waals surface area contributed by atoms with Crippen LogP contribution in [-0.4, -0.2) is 44.2 Å². The first-order chi connectivity index (χ1) is 13.9. The number of piperidine rings is 1. The molecule has 0 unspecified atom stereocenters. The van der Waals surface area contributed by atoms with Gasteiger partial charge in [-0.3, -0.25) is 9.59 Å². The second-order valence-electron chi connectivity index (χ2n) is 7.50. The van der Waals surface area contributed by atoms with Gasteiger partial charge < -0.3 is 10.2 Å². The van der Waals surface area contributed by atoms with Crippen LogP contribution in [0.1, 0.15) is 18.4 Å². The minimum Gasteiger partial charge on any atom is -0.323 e. The van der Waals surface area contributed by atoms with E-state index >= 15 is 0 Å². The minimum absolute atomic E-state index is 0.0585. The summed E-state index contributed by atoms with van der Waals surface area (Å²) in [5.74, 6) is -0.948. The maximum Gasteiger partial charge on any atom is 0.244 e. The summed E-state index contributed by atoms with van der Waals surface area (Å²) in [4.78, 5) is 27.0. The normalized spacial score (nSPS) is 20.1. The van der Waals surface area contributed by atoms with E-state index in [1.807, 2.05) is 13.0 Å². The third kappa shape index (κ3) is 3.77. The Hall–Kier alpha value is -2.71. The minimum atomic E-state index is -3.66. The van der Waals surface area contributed by atoms with Gasteiger partial charge in [0, 0.05) is 13.1 Å². The van der Waals surface area contributed by atoms with Crippen molar-refractivity contribution < 1.29 is 18.0 Å². The topological polar surface area (TPSA) is 86.8 Å². The molecule has 0 radical (unpaired) electrons. The van der Waals surface area contributed by atoms with Crippen LogP contribution < -0.4 is 10.2 Å². The SMILES string of the molecule is Cc1ccc(S(=O)(=O)N2CCC[C@H](C(=O)N3CC(=O)Nc4ccccc43)C2)cc1. The molecule has 2 aliphatic heterocycles. The lowest BCUT2D eigenvalue weighted by Crippen LogP contribution is -2.50. The van der Waals surface area contributed by atoms with E-state index in [9.17, 15) is 18.0 Å². The molecule has 7 nitrogen and oxygen atoms in total. The highest BCUT2D eigenvalue weighted by Gasteiger charge is 2.37. The fourth-order valence-corrected chi connectivity index (χ4v) is 5.40. The summed E-state index contributed by atoms with van der Waals surface area (Å²) in [6.45, 7) is 2.35. The Bertz CT molecular complexity index is 1050. The first kappa shape index (κ1) is 19.6. The standard InChI is InChI=1S/C21H23N3O4S/c1-15-8-10-17(11-9-15)29(27,28)23-12-4-5-16(13-23)21(26)24-14-20(25)22-18-6-2-3-7-19(18)24/h2-3,6-11,16H,4-5,12-14H2,1H3,(H,22,25)/t16-/m0/s1. The third-order valence-electron chi connectivity index (χ3n) is 5.43. The molecule has 0 spiro atoms. The molecule has 2 aromatic rings. The number of sulfonamides is 1. The van der Waals surface area contributed by atoms with Gasteiger partial charge in [0.25, 0.3) is 0 Å². The molecule has 2 amide bonds. The molecule has 0 bridgehead atoms. The first-order valence-electron chi connectivity index (χ1n) is 9.63. The predicted molar refractivity (Wildman–Crippen MR) is 110 cm³/mol. The summed E-state index contributed by atoms with van der Waals surface area (Å²) in [7, 11) is -3.66. The number of fused-ring (bicyclic) bond motifs is 1. The summed E-state index contributed by atoms with van der Waals surface area (Å²) >= 11 is 0. The smallest absolute Gasteiger partial charge is 0.244 e. The van der Waals surface area contributed by atoms with Crippen LogP contribution in [0.25, 0.3) is 0 Å². The van der Waals surface area contributed by atoms with Gasteiger partial charge in [0.15, 0.2) is 0 Å². The predicted octanol–water partition coefficient (Wildman–Crippen LogP) is 2.38. The summed E-state index contributed by atoms with van der Waals surface area (Å²) in [5, 5.41) is 2.77. The maximum absolute atomic E-state index is 13.2. The van der Waals surface area contributed by atoms with Crippen molar-refractivity contribution in [2.75, 3.05) is 29.9 Å². The second-order valence-corrected chi connectivity index (χ2v) is 9.44. The molecular weight excluding hydrogens is 390 g/mol. The van der Waals surface area contributed by atoms with E-state index in [0.29, 0.717) is 30.8 Å². The fraction of sp³-hybridized carbons (Fsp3) is 0.333. The Balaban J connectivity index is 1.57. The average Bonchev–Trinajstić information content (AvgIpc) is 2.73. The van der Waals surface area contributed by atoms with E-state index in [1.165, 1.54) is 9.21 Å². The van der Waals surface area contributed by atoms with Crippen molar-refractivity contribution in [3.63, 3.8) is 0 Å². The van der Waals surface area contributed by atoms with Gasteiger partial charge in [-0.25, -0.2) is 8.42 Å². The largest absolute Gasteiger partial charge is 0.323 e. The molecule has 29 heavy (non-hydrogen) atoms. The van der Waals surface area contributed by atoms with Crippen LogP contribution in [-0.2, 0) is 19.6 Å². The number of amides is 2. The van der Waals surface area contributed by atoms with E-state index < -0.39 is 15.9 Å². The lowest BCUT2D eigenvalue weighted by molar-refractivity contribution is -0.125. The quantitative estimate of drug-likeness (QED) is 0.837. The van der Waals surface area contributed by atoms with Crippen molar-refractivity contribution in [2.45, 2.75) is 24.7 Å². The zero-order valence-electron chi connectivity index (χ0n) is 16.2. The number of carbonyl (C=O) groups excluding carboxylic acids is 2. The number of para-hydroxylation sites is 2. The number of rotatable bonds is 3. The fourth-order valence-electron chi connectivity index (χ4n) is 3.87. The van der Waals surface area contributed by atoms with Gasteiger partial charge in [-0.15, -0.1) is 0 Å². The van der Waals surface area contributed by atoms with Crippen molar-refractivity contribution in [2.24, 2.45) is 5.92 Å². The number of anilines is 2. The molecule has 0 aliphatic carbocycles. The molecule has 1 saturated heterocycles. The van der Waals surface area contributed by atoms with Crippen LogP contribution in [0.15, 0.2) is 53.4 Å². The molecule has 0 aromatic heterocycles. The molecule has 2 aliphatic rings. The lowest BCUT2D eigenvalue weighted by atomic mass is 9.97. The summed E-state index contributed by atoms with van der Waals surface area (Å²) in [6, 6.07) is 13.9. The van der Waals surface area contributed by atoms with Gasteiger partial charge in [-0.2, -0.15) is 4.31 Å². The van der Waals surface area contributed by atoms with E-state index in [4.69, 9.17) is 0 Å². The molecular formula is C21H23N3O4S. The molecule has 0 saturated carbocycles. The highest BCUT2D eigenvalue weighted by Crippen LogP contribution is 2.32. The van der Waals surface area contributed by atoms with Gasteiger partial charge in [0.1, 0.15) is 6.54 Å². The van der Waals surface area contributed by atoms with Crippen molar-refractivity contribution in [3.8, 4) is 0 Å².